The molecule has 0 aliphatic carbocycles. The first-order valence-electron chi connectivity index (χ1n) is 5.48. The Bertz CT molecular complexity index is 612. The number of carboxylic acid groups (broad SMARTS) is 1. The van der Waals surface area contributed by atoms with Gasteiger partial charge >= 0.3 is 5.97 Å². The van der Waals surface area contributed by atoms with Crippen LogP contribution in [-0.2, 0) is 0 Å². The molecule has 0 aliphatic rings. The fourth-order valence-electron chi connectivity index (χ4n) is 2.10. The van der Waals surface area contributed by atoms with Crippen LogP contribution in [-0.4, -0.2) is 20.6 Å². The quantitative estimate of drug-likeness (QED) is 0.907. The van der Waals surface area contributed by atoms with Crippen molar-refractivity contribution in [2.75, 3.05) is 0 Å². The van der Waals surface area contributed by atoms with Crippen LogP contribution in [0.25, 0.3) is 5.69 Å². The van der Waals surface area contributed by atoms with E-state index in [1.54, 1.807) is 24.5 Å². The van der Waals surface area contributed by atoms with E-state index in [1.807, 2.05) is 19.1 Å². The summed E-state index contributed by atoms with van der Waals surface area (Å²) in [6.45, 7) is 5.34. The first-order valence-corrected chi connectivity index (χ1v) is 5.86. The molecular weight excluding hydrogens is 252 g/mol. The minimum atomic E-state index is -1.01. The fourth-order valence-corrected chi connectivity index (χ4v) is 2.41. The molecule has 4 nitrogen and oxygen atoms in total. The molecule has 1 aromatic carbocycles. The third-order valence-corrected chi connectivity index (χ3v) is 3.14. The number of carbonyl (C=O) groups is 1. The van der Waals surface area contributed by atoms with E-state index < -0.39 is 5.97 Å². The Morgan fingerprint density at radius 3 is 2.56 bits per heavy atom. The lowest BCUT2D eigenvalue weighted by Crippen LogP contribution is -2.10. The molecule has 1 aromatic heterocycles. The van der Waals surface area contributed by atoms with Crippen molar-refractivity contribution in [2.24, 2.45) is 0 Å². The van der Waals surface area contributed by atoms with Gasteiger partial charge in [-0.15, -0.1) is 0 Å². The van der Waals surface area contributed by atoms with E-state index in [0.717, 1.165) is 5.56 Å². The SMILES string of the molecule is Cc1cccc(Cl)c1-n1c(C)nc(C)c1C(=O)O. The molecule has 0 unspecified atom stereocenters. The Morgan fingerprint density at radius 2 is 2.00 bits per heavy atom. The van der Waals surface area contributed by atoms with Crippen molar-refractivity contribution in [3.8, 4) is 5.69 Å². The number of para-hydroxylation sites is 1. The fraction of sp³-hybridized carbons (Fsp3) is 0.231. The van der Waals surface area contributed by atoms with Gasteiger partial charge in [-0.2, -0.15) is 0 Å². The highest BCUT2D eigenvalue weighted by Gasteiger charge is 2.21. The van der Waals surface area contributed by atoms with Gasteiger partial charge in [0.25, 0.3) is 0 Å². The van der Waals surface area contributed by atoms with E-state index in [0.29, 0.717) is 22.2 Å². The van der Waals surface area contributed by atoms with Gasteiger partial charge in [0.2, 0.25) is 0 Å². The molecule has 1 N–H and O–H groups in total. The standard InChI is InChI=1S/C13H13ClN2O2/c1-7-5-4-6-10(14)11(7)16-9(3)15-8(2)12(16)13(17)18/h4-6H,1-3H3,(H,17,18). The lowest BCUT2D eigenvalue weighted by Gasteiger charge is -2.13. The largest absolute Gasteiger partial charge is 0.477 e. The van der Waals surface area contributed by atoms with Crippen LogP contribution in [0.3, 0.4) is 0 Å². The lowest BCUT2D eigenvalue weighted by molar-refractivity contribution is 0.0687. The summed E-state index contributed by atoms with van der Waals surface area (Å²) in [5.41, 5.74) is 2.23. The number of aromatic nitrogens is 2. The monoisotopic (exact) mass is 264 g/mol. The van der Waals surface area contributed by atoms with Crippen LogP contribution >= 0.6 is 11.6 Å². The second kappa shape index (κ2) is 4.46. The molecule has 0 aliphatic heterocycles. The van der Waals surface area contributed by atoms with E-state index >= 15 is 0 Å². The van der Waals surface area contributed by atoms with Gasteiger partial charge in [0.1, 0.15) is 5.82 Å². The molecule has 0 fully saturated rings. The number of imidazole rings is 1. The van der Waals surface area contributed by atoms with Gasteiger partial charge < -0.3 is 5.11 Å². The second-order valence-electron chi connectivity index (χ2n) is 4.14. The molecule has 0 spiro atoms. The van der Waals surface area contributed by atoms with Crippen molar-refractivity contribution in [1.82, 2.24) is 9.55 Å². The van der Waals surface area contributed by atoms with E-state index in [9.17, 15) is 9.90 Å². The van der Waals surface area contributed by atoms with E-state index in [2.05, 4.69) is 4.98 Å². The smallest absolute Gasteiger partial charge is 0.354 e. The summed E-state index contributed by atoms with van der Waals surface area (Å²) in [7, 11) is 0. The molecule has 0 saturated carbocycles. The minimum absolute atomic E-state index is 0.156. The lowest BCUT2D eigenvalue weighted by atomic mass is 10.2. The second-order valence-corrected chi connectivity index (χ2v) is 4.55. The van der Waals surface area contributed by atoms with Crippen LogP contribution in [0.2, 0.25) is 5.02 Å². The number of benzene rings is 1. The van der Waals surface area contributed by atoms with Crippen LogP contribution < -0.4 is 0 Å². The Balaban J connectivity index is 2.83. The number of nitrogens with zero attached hydrogens (tertiary/aromatic N) is 2. The van der Waals surface area contributed by atoms with E-state index in [-0.39, 0.29) is 5.69 Å². The van der Waals surface area contributed by atoms with Crippen LogP contribution in [0, 0.1) is 20.8 Å². The van der Waals surface area contributed by atoms with Gasteiger partial charge in [-0.1, -0.05) is 23.7 Å². The van der Waals surface area contributed by atoms with Crippen LogP contribution in [0.5, 0.6) is 0 Å². The molecule has 5 heteroatoms. The first kappa shape index (κ1) is 12.6. The molecule has 2 rings (SSSR count). The van der Waals surface area contributed by atoms with Crippen LogP contribution in [0.15, 0.2) is 18.2 Å². The summed E-state index contributed by atoms with van der Waals surface area (Å²) in [5, 5.41) is 9.81. The van der Waals surface area contributed by atoms with E-state index in [1.165, 1.54) is 0 Å². The molecule has 0 saturated heterocycles. The zero-order chi connectivity index (χ0) is 13.4. The molecule has 0 atom stereocenters. The van der Waals surface area contributed by atoms with Gasteiger partial charge in [0.15, 0.2) is 5.69 Å². The molecule has 0 amide bonds. The summed E-state index contributed by atoms with van der Waals surface area (Å²) in [4.78, 5) is 15.6. The predicted molar refractivity (Wildman–Crippen MR) is 69.7 cm³/mol. The summed E-state index contributed by atoms with van der Waals surface area (Å²) in [6.07, 6.45) is 0. The number of carboxylic acids is 1. The number of hydrogen-bond donors (Lipinski definition) is 1. The first-order chi connectivity index (χ1) is 8.43. The average Bonchev–Trinajstić information content (AvgIpc) is 2.54. The van der Waals surface area contributed by atoms with Crippen molar-refractivity contribution in [2.45, 2.75) is 20.8 Å². The highest BCUT2D eigenvalue weighted by atomic mass is 35.5. The Kier molecular flexibility index (Phi) is 3.13. The van der Waals surface area contributed by atoms with Crippen molar-refractivity contribution in [3.63, 3.8) is 0 Å². The molecule has 1 heterocycles. The predicted octanol–water partition coefficient (Wildman–Crippen LogP) is 3.15. The minimum Gasteiger partial charge on any atom is -0.477 e. The maximum atomic E-state index is 11.3. The third-order valence-electron chi connectivity index (χ3n) is 2.83. The Hall–Kier alpha value is -1.81. The average molecular weight is 265 g/mol. The van der Waals surface area contributed by atoms with E-state index in [4.69, 9.17) is 11.6 Å². The van der Waals surface area contributed by atoms with Gasteiger partial charge in [-0.05, 0) is 32.4 Å². The zero-order valence-corrected chi connectivity index (χ0v) is 11.1. The topological polar surface area (TPSA) is 55.1 Å². The maximum absolute atomic E-state index is 11.3. The summed E-state index contributed by atoms with van der Waals surface area (Å²) in [6, 6.07) is 5.46. The van der Waals surface area contributed by atoms with Crippen molar-refractivity contribution in [1.29, 1.82) is 0 Å². The Morgan fingerprint density at radius 1 is 1.33 bits per heavy atom. The maximum Gasteiger partial charge on any atom is 0.354 e. The molecular formula is C13H13ClN2O2. The van der Waals surface area contributed by atoms with Gasteiger partial charge in [-0.25, -0.2) is 9.78 Å². The number of halogens is 1. The molecule has 94 valence electrons. The van der Waals surface area contributed by atoms with Crippen LogP contribution in [0.4, 0.5) is 0 Å². The number of hydrogen-bond acceptors (Lipinski definition) is 2. The highest BCUT2D eigenvalue weighted by Crippen LogP contribution is 2.27. The van der Waals surface area contributed by atoms with Gasteiger partial charge in [0, 0.05) is 0 Å². The number of aromatic carboxylic acids is 1. The highest BCUT2D eigenvalue weighted by molar-refractivity contribution is 6.32. The molecule has 0 radical (unpaired) electrons. The van der Waals surface area contributed by atoms with Crippen LogP contribution in [0.1, 0.15) is 27.6 Å². The summed E-state index contributed by atoms with van der Waals surface area (Å²) in [5.74, 6) is -0.395. The third kappa shape index (κ3) is 1.88. The van der Waals surface area contributed by atoms with Crippen molar-refractivity contribution >= 4 is 17.6 Å². The Labute approximate surface area is 110 Å². The summed E-state index contributed by atoms with van der Waals surface area (Å²) >= 11 is 6.18. The zero-order valence-electron chi connectivity index (χ0n) is 10.4. The number of aryl methyl sites for hydroxylation is 3. The molecule has 0 bridgehead atoms. The molecule has 18 heavy (non-hydrogen) atoms. The molecule has 2 aromatic rings. The normalized spacial score (nSPS) is 10.7. The summed E-state index contributed by atoms with van der Waals surface area (Å²) < 4.78 is 1.59. The number of rotatable bonds is 2. The van der Waals surface area contributed by atoms with Crippen molar-refractivity contribution in [3.05, 3.63) is 46.0 Å². The van der Waals surface area contributed by atoms with Crippen molar-refractivity contribution < 1.29 is 9.90 Å². The van der Waals surface area contributed by atoms with Gasteiger partial charge in [-0.3, -0.25) is 4.57 Å². The van der Waals surface area contributed by atoms with Gasteiger partial charge in [0.05, 0.1) is 16.4 Å².